The number of rotatable bonds is 0. The predicted molar refractivity (Wildman–Crippen MR) is 85.7 cm³/mol. The standard InChI is InChI=1S/C17H15.6FH.Sb/c1-2-6-14-10-15(7-3-1)12-17-9-5-4-8-16(11-14)13-17;;;;;;;/h1-9,11-12H,10,13H2;6*1H;/q+1;;;;;;;+5/p-6. The molecule has 0 saturated carbocycles. The second-order valence-corrected chi connectivity index (χ2v) is 11.0. The van der Waals surface area contributed by atoms with Crippen molar-refractivity contribution in [2.24, 2.45) is 0 Å². The molecular formula is C17H15F6Sb. The van der Waals surface area contributed by atoms with Gasteiger partial charge in [0.25, 0.3) is 0 Å². The average Bonchev–Trinajstić information content (AvgIpc) is 2.54. The van der Waals surface area contributed by atoms with Crippen LogP contribution in [-0.2, 0) is 0 Å². The molecule has 0 spiro atoms. The quantitative estimate of drug-likeness (QED) is 0.222. The molecule has 0 aliphatic heterocycles. The SMILES string of the molecule is C1=C[CH+]C=C2C=C3C=CC=CC(=CC(=C1)C2)C3.[F][Sb-]([F])([F])([F])([F])[F]. The van der Waals surface area contributed by atoms with Crippen LogP contribution in [0.5, 0.6) is 0 Å². The fourth-order valence-corrected chi connectivity index (χ4v) is 2.36. The van der Waals surface area contributed by atoms with Crippen LogP contribution in [0.4, 0.5) is 16.9 Å². The minimum absolute atomic E-state index is 1.02. The Bertz CT molecular complexity index is 713. The van der Waals surface area contributed by atoms with E-state index < -0.39 is 19.5 Å². The molecule has 3 rings (SSSR count). The number of halogens is 6. The normalized spacial score (nSPS) is 22.1. The van der Waals surface area contributed by atoms with Gasteiger partial charge < -0.3 is 0 Å². The molecule has 4 bridgehead atoms. The van der Waals surface area contributed by atoms with Gasteiger partial charge in [0.05, 0.1) is 0 Å². The van der Waals surface area contributed by atoms with Crippen LogP contribution < -0.4 is 0 Å². The van der Waals surface area contributed by atoms with E-state index in [-0.39, 0.29) is 0 Å². The van der Waals surface area contributed by atoms with Crippen LogP contribution in [0.1, 0.15) is 12.8 Å². The molecule has 0 aromatic heterocycles. The van der Waals surface area contributed by atoms with Gasteiger partial charge in [-0.2, -0.15) is 0 Å². The molecule has 0 fully saturated rings. The van der Waals surface area contributed by atoms with E-state index in [1.165, 1.54) is 22.3 Å². The van der Waals surface area contributed by atoms with E-state index in [0.29, 0.717) is 0 Å². The van der Waals surface area contributed by atoms with Crippen molar-refractivity contribution in [2.75, 3.05) is 0 Å². The Kier molecular flexibility index (Phi) is 4.75. The molecular weight excluding hydrogens is 440 g/mol. The number of hydrogen-bond donors (Lipinski definition) is 0. The Morgan fingerprint density at radius 2 is 1.21 bits per heavy atom. The first-order chi connectivity index (χ1) is 10.8. The summed E-state index contributed by atoms with van der Waals surface area (Å²) < 4.78 is 59.6. The summed E-state index contributed by atoms with van der Waals surface area (Å²) in [5.74, 6) is 0. The third kappa shape index (κ3) is 8.92. The molecule has 0 amide bonds. The first-order valence-electron chi connectivity index (χ1n) is 7.07. The first-order valence-corrected chi connectivity index (χ1v) is 12.9. The van der Waals surface area contributed by atoms with Crippen LogP contribution in [0.2, 0.25) is 0 Å². The van der Waals surface area contributed by atoms with E-state index >= 15 is 0 Å². The molecule has 24 heavy (non-hydrogen) atoms. The fourth-order valence-electron chi connectivity index (χ4n) is 2.36. The van der Waals surface area contributed by atoms with Gasteiger partial charge in [0.1, 0.15) is 0 Å². The number of fused-ring (bicyclic) bond motifs is 4. The van der Waals surface area contributed by atoms with Crippen LogP contribution in [-0.4, -0.2) is 19.5 Å². The van der Waals surface area contributed by atoms with E-state index in [1.807, 2.05) is 0 Å². The van der Waals surface area contributed by atoms with Crippen molar-refractivity contribution in [3.05, 3.63) is 89.5 Å². The third-order valence-corrected chi connectivity index (χ3v) is 3.13. The molecule has 0 radical (unpaired) electrons. The van der Waals surface area contributed by atoms with Gasteiger partial charge in [-0.1, -0.05) is 30.4 Å². The molecule has 0 aromatic carbocycles. The molecule has 3 aliphatic rings. The van der Waals surface area contributed by atoms with Crippen LogP contribution in [0, 0.1) is 6.42 Å². The summed E-state index contributed by atoms with van der Waals surface area (Å²) in [7, 11) is 0. The Hall–Kier alpha value is -1.55. The van der Waals surface area contributed by atoms with Crippen LogP contribution in [0.3, 0.4) is 0 Å². The minimum atomic E-state index is -11.2. The summed E-state index contributed by atoms with van der Waals surface area (Å²) in [4.78, 5) is 0. The molecule has 0 heterocycles. The fraction of sp³-hybridized carbons (Fsp3) is 0.118. The second-order valence-electron chi connectivity index (χ2n) is 5.53. The van der Waals surface area contributed by atoms with E-state index in [4.69, 9.17) is 0 Å². The summed E-state index contributed by atoms with van der Waals surface area (Å²) in [5, 5.41) is 0. The zero-order valence-electron chi connectivity index (χ0n) is 12.5. The Morgan fingerprint density at radius 3 is 1.79 bits per heavy atom. The summed E-state index contributed by atoms with van der Waals surface area (Å²) in [6.07, 6.45) is 26.1. The van der Waals surface area contributed by atoms with Crippen molar-refractivity contribution in [1.29, 1.82) is 0 Å². The number of allylic oxidation sites excluding steroid dienone is 14. The van der Waals surface area contributed by atoms with E-state index in [1.54, 1.807) is 0 Å². The molecule has 3 aliphatic carbocycles. The van der Waals surface area contributed by atoms with Crippen LogP contribution in [0.15, 0.2) is 83.1 Å². The van der Waals surface area contributed by atoms with Gasteiger partial charge in [-0.05, 0) is 29.2 Å². The van der Waals surface area contributed by atoms with Crippen LogP contribution >= 0.6 is 0 Å². The third-order valence-electron chi connectivity index (χ3n) is 3.13. The van der Waals surface area contributed by atoms with Gasteiger partial charge in [-0.15, -0.1) is 0 Å². The zero-order chi connectivity index (χ0) is 17.9. The molecule has 0 nitrogen and oxygen atoms in total. The molecule has 0 atom stereocenters. The molecule has 7 heteroatoms. The van der Waals surface area contributed by atoms with Crippen molar-refractivity contribution < 1.29 is 16.9 Å². The van der Waals surface area contributed by atoms with Crippen LogP contribution in [0.25, 0.3) is 0 Å². The van der Waals surface area contributed by atoms with Crippen molar-refractivity contribution in [1.82, 2.24) is 0 Å². The van der Waals surface area contributed by atoms with Gasteiger partial charge >= 0.3 is 36.4 Å². The molecule has 0 N–H and O–H groups in total. The van der Waals surface area contributed by atoms with Gasteiger partial charge in [-0.3, -0.25) is 0 Å². The number of hydrogen-bond acceptors (Lipinski definition) is 0. The molecule has 130 valence electrons. The van der Waals surface area contributed by atoms with Gasteiger partial charge in [0.15, 0.2) is 0 Å². The van der Waals surface area contributed by atoms with Crippen molar-refractivity contribution in [3.8, 4) is 0 Å². The van der Waals surface area contributed by atoms with Gasteiger partial charge in [-0.25, -0.2) is 0 Å². The maximum atomic E-state index is 9.93. The maximum absolute atomic E-state index is 11.2. The molecule has 0 saturated heterocycles. The zero-order valence-corrected chi connectivity index (χ0v) is 15.0. The Morgan fingerprint density at radius 1 is 0.708 bits per heavy atom. The van der Waals surface area contributed by atoms with Crippen molar-refractivity contribution >= 4 is 19.5 Å². The van der Waals surface area contributed by atoms with E-state index in [2.05, 4.69) is 67.2 Å². The molecule has 0 unspecified atom stereocenters. The summed E-state index contributed by atoms with van der Waals surface area (Å²) in [6, 6.07) is 0. The van der Waals surface area contributed by atoms with E-state index in [0.717, 1.165) is 12.8 Å². The molecule has 0 aromatic rings. The Balaban J connectivity index is 0.000000256. The summed E-state index contributed by atoms with van der Waals surface area (Å²) in [6.45, 7) is 0. The monoisotopic (exact) mass is 454 g/mol. The topological polar surface area (TPSA) is 0 Å². The first kappa shape index (κ1) is 18.8. The van der Waals surface area contributed by atoms with Crippen molar-refractivity contribution in [3.63, 3.8) is 0 Å². The summed E-state index contributed by atoms with van der Waals surface area (Å²) in [5.41, 5.74) is 5.56. The second kappa shape index (κ2) is 6.07. The average molecular weight is 455 g/mol. The van der Waals surface area contributed by atoms with Gasteiger partial charge in [0, 0.05) is 42.7 Å². The predicted octanol–water partition coefficient (Wildman–Crippen LogP) is 6.53. The van der Waals surface area contributed by atoms with E-state index in [9.17, 15) is 16.9 Å². The van der Waals surface area contributed by atoms with Gasteiger partial charge in [0.2, 0.25) is 0 Å². The Labute approximate surface area is 138 Å². The summed E-state index contributed by atoms with van der Waals surface area (Å²) >= 11 is -11.2. The van der Waals surface area contributed by atoms with Crippen molar-refractivity contribution in [2.45, 2.75) is 12.8 Å².